The van der Waals surface area contributed by atoms with Crippen molar-refractivity contribution in [1.29, 1.82) is 0 Å². The van der Waals surface area contributed by atoms with Gasteiger partial charge in [0.1, 0.15) is 0 Å². The number of hydrogen-bond acceptors (Lipinski definition) is 2. The molecule has 0 bridgehead atoms. The summed E-state index contributed by atoms with van der Waals surface area (Å²) in [6.45, 7) is 8.71. The summed E-state index contributed by atoms with van der Waals surface area (Å²) in [5.74, 6) is 0.415. The first-order chi connectivity index (χ1) is 9.16. The fourth-order valence-electron chi connectivity index (χ4n) is 3.43. The van der Waals surface area contributed by atoms with Crippen LogP contribution in [0.3, 0.4) is 0 Å². The molecular formula is C16H23ClINO. The van der Waals surface area contributed by atoms with Gasteiger partial charge in [0.05, 0.1) is 16.2 Å². The third-order valence-electron chi connectivity index (χ3n) is 4.16. The first-order valence-corrected chi connectivity index (χ1v) is 8.44. The Hall–Kier alpha value is 0.160. The second-order valence-corrected chi connectivity index (χ2v) is 8.29. The summed E-state index contributed by atoms with van der Waals surface area (Å²) < 4.78 is 7.32. The minimum Gasteiger partial charge on any atom is -0.369 e. The van der Waals surface area contributed by atoms with Gasteiger partial charge >= 0.3 is 0 Å². The van der Waals surface area contributed by atoms with E-state index in [4.69, 9.17) is 16.3 Å². The largest absolute Gasteiger partial charge is 0.369 e. The van der Waals surface area contributed by atoms with Gasteiger partial charge in [0, 0.05) is 15.5 Å². The van der Waals surface area contributed by atoms with E-state index in [1.807, 2.05) is 7.05 Å². The molecule has 4 heteroatoms. The van der Waals surface area contributed by atoms with Gasteiger partial charge in [-0.05, 0) is 81.5 Å². The molecule has 1 N–H and O–H groups in total. The van der Waals surface area contributed by atoms with Crippen molar-refractivity contribution in [3.63, 3.8) is 0 Å². The van der Waals surface area contributed by atoms with Crippen LogP contribution in [-0.4, -0.2) is 18.2 Å². The maximum absolute atomic E-state index is 6.28. The zero-order valence-electron chi connectivity index (χ0n) is 12.8. The number of benzene rings is 1. The maximum atomic E-state index is 6.28. The van der Waals surface area contributed by atoms with E-state index in [2.05, 4.69) is 73.8 Å². The number of ether oxygens (including phenoxy) is 1. The molecule has 1 aliphatic heterocycles. The second-order valence-electron chi connectivity index (χ2n) is 6.72. The first kappa shape index (κ1) is 16.5. The minimum atomic E-state index is -0.146. The highest BCUT2D eigenvalue weighted by Gasteiger charge is 2.49. The summed E-state index contributed by atoms with van der Waals surface area (Å²) in [5.41, 5.74) is 1.01. The van der Waals surface area contributed by atoms with Gasteiger partial charge < -0.3 is 10.1 Å². The zero-order chi connectivity index (χ0) is 15.1. The highest BCUT2D eigenvalue weighted by molar-refractivity contribution is 14.1. The molecule has 1 heterocycles. The highest BCUT2D eigenvalue weighted by Crippen LogP contribution is 2.47. The standard InChI is InChI=1S/C16H23ClINO/c1-15(2)9-11(16(3,4)20-15)14(19-5)10-6-7-13(18)12(17)8-10/h6-8,11,14,19H,9H2,1-5H3. The molecule has 1 aliphatic rings. The van der Waals surface area contributed by atoms with E-state index < -0.39 is 0 Å². The molecule has 0 amide bonds. The van der Waals surface area contributed by atoms with E-state index in [1.165, 1.54) is 5.56 Å². The molecule has 0 aromatic heterocycles. The van der Waals surface area contributed by atoms with Gasteiger partial charge in [0.2, 0.25) is 0 Å². The summed E-state index contributed by atoms with van der Waals surface area (Å²) in [6, 6.07) is 6.57. The van der Waals surface area contributed by atoms with E-state index in [-0.39, 0.29) is 17.2 Å². The first-order valence-electron chi connectivity index (χ1n) is 6.99. The van der Waals surface area contributed by atoms with Crippen LogP contribution in [0, 0.1) is 9.49 Å². The van der Waals surface area contributed by atoms with Gasteiger partial charge in [-0.15, -0.1) is 0 Å². The SMILES string of the molecule is CNC(c1ccc(I)c(Cl)c1)C1CC(C)(C)OC1(C)C. The van der Waals surface area contributed by atoms with Crippen LogP contribution in [0.1, 0.15) is 45.7 Å². The molecule has 2 unspecified atom stereocenters. The Balaban J connectivity index is 2.35. The van der Waals surface area contributed by atoms with Crippen molar-refractivity contribution >= 4 is 34.2 Å². The predicted molar refractivity (Wildman–Crippen MR) is 93.3 cm³/mol. The number of nitrogens with one attached hydrogen (secondary N) is 1. The molecule has 2 nitrogen and oxygen atoms in total. The van der Waals surface area contributed by atoms with Gasteiger partial charge in [-0.2, -0.15) is 0 Å². The Bertz CT molecular complexity index is 501. The molecule has 20 heavy (non-hydrogen) atoms. The predicted octanol–water partition coefficient (Wildman–Crippen LogP) is 4.80. The van der Waals surface area contributed by atoms with E-state index in [0.717, 1.165) is 15.0 Å². The fraction of sp³-hybridized carbons (Fsp3) is 0.625. The topological polar surface area (TPSA) is 21.3 Å². The van der Waals surface area contributed by atoms with Gasteiger partial charge in [-0.25, -0.2) is 0 Å². The quantitative estimate of drug-likeness (QED) is 0.727. The zero-order valence-corrected chi connectivity index (χ0v) is 15.7. The van der Waals surface area contributed by atoms with E-state index >= 15 is 0 Å². The van der Waals surface area contributed by atoms with Crippen molar-refractivity contribution in [2.24, 2.45) is 5.92 Å². The lowest BCUT2D eigenvalue weighted by Gasteiger charge is -2.33. The summed E-state index contributed by atoms with van der Waals surface area (Å²) >= 11 is 8.54. The fourth-order valence-corrected chi connectivity index (χ4v) is 3.95. The van der Waals surface area contributed by atoms with Crippen LogP contribution < -0.4 is 5.32 Å². The number of rotatable bonds is 3. The Kier molecular flexibility index (Phi) is 4.75. The van der Waals surface area contributed by atoms with E-state index in [0.29, 0.717) is 5.92 Å². The molecule has 1 fully saturated rings. The van der Waals surface area contributed by atoms with Crippen molar-refractivity contribution in [3.8, 4) is 0 Å². The van der Waals surface area contributed by atoms with Crippen molar-refractivity contribution in [2.45, 2.75) is 51.4 Å². The Morgan fingerprint density at radius 2 is 2.00 bits per heavy atom. The van der Waals surface area contributed by atoms with Gasteiger partial charge in [0.25, 0.3) is 0 Å². The lowest BCUT2D eigenvalue weighted by atomic mass is 9.79. The molecule has 1 aromatic carbocycles. The molecule has 1 aromatic rings. The molecule has 112 valence electrons. The van der Waals surface area contributed by atoms with Gasteiger partial charge in [-0.3, -0.25) is 0 Å². The third kappa shape index (κ3) is 3.32. The van der Waals surface area contributed by atoms with Gasteiger partial charge in [-0.1, -0.05) is 17.7 Å². The summed E-state index contributed by atoms with van der Waals surface area (Å²) in [6.07, 6.45) is 1.04. The van der Waals surface area contributed by atoms with Crippen LogP contribution in [-0.2, 0) is 4.74 Å². The van der Waals surface area contributed by atoms with Crippen LogP contribution in [0.2, 0.25) is 5.02 Å². The smallest absolute Gasteiger partial charge is 0.0681 e. The van der Waals surface area contributed by atoms with E-state index in [1.54, 1.807) is 0 Å². The molecule has 1 saturated heterocycles. The monoisotopic (exact) mass is 407 g/mol. The minimum absolute atomic E-state index is 0.0731. The lowest BCUT2D eigenvalue weighted by molar-refractivity contribution is -0.0776. The Morgan fingerprint density at radius 1 is 1.35 bits per heavy atom. The van der Waals surface area contributed by atoms with Crippen molar-refractivity contribution in [2.75, 3.05) is 7.05 Å². The average Bonchev–Trinajstić information content (AvgIpc) is 2.53. The molecule has 0 spiro atoms. The van der Waals surface area contributed by atoms with Crippen LogP contribution in [0.15, 0.2) is 18.2 Å². The highest BCUT2D eigenvalue weighted by atomic mass is 127. The van der Waals surface area contributed by atoms with Crippen LogP contribution in [0.4, 0.5) is 0 Å². The molecular weight excluding hydrogens is 385 g/mol. The molecule has 0 saturated carbocycles. The van der Waals surface area contributed by atoms with Crippen LogP contribution in [0.5, 0.6) is 0 Å². The molecule has 2 rings (SSSR count). The molecule has 0 radical (unpaired) electrons. The van der Waals surface area contributed by atoms with Crippen LogP contribution >= 0.6 is 34.2 Å². The summed E-state index contributed by atoms with van der Waals surface area (Å²) in [5, 5.41) is 4.28. The Morgan fingerprint density at radius 3 is 2.45 bits per heavy atom. The second kappa shape index (κ2) is 5.75. The summed E-state index contributed by atoms with van der Waals surface area (Å²) in [4.78, 5) is 0. The number of hydrogen-bond donors (Lipinski definition) is 1. The number of halogens is 2. The van der Waals surface area contributed by atoms with Crippen LogP contribution in [0.25, 0.3) is 0 Å². The average molecular weight is 408 g/mol. The maximum Gasteiger partial charge on any atom is 0.0681 e. The lowest BCUT2D eigenvalue weighted by Crippen LogP contribution is -2.37. The molecule has 0 aliphatic carbocycles. The van der Waals surface area contributed by atoms with Crippen molar-refractivity contribution in [1.82, 2.24) is 5.32 Å². The molecule has 2 atom stereocenters. The van der Waals surface area contributed by atoms with Crippen molar-refractivity contribution in [3.05, 3.63) is 32.4 Å². The normalized spacial score (nSPS) is 25.6. The third-order valence-corrected chi connectivity index (χ3v) is 5.73. The van der Waals surface area contributed by atoms with Gasteiger partial charge in [0.15, 0.2) is 0 Å². The summed E-state index contributed by atoms with van der Waals surface area (Å²) in [7, 11) is 2.01. The van der Waals surface area contributed by atoms with Crippen molar-refractivity contribution < 1.29 is 4.74 Å². The van der Waals surface area contributed by atoms with E-state index in [9.17, 15) is 0 Å². The Labute approximate surface area is 140 Å².